The number of hydrogen-bond acceptors (Lipinski definition) is 3. The average Bonchev–Trinajstić information content (AvgIpc) is 3.11. The standard InChI is InChI=1S/C22H21N3OS/c1-24(2)13-14-25(22-23-19-9-5-6-10-20(19)27-22)21(26)18-12-11-16-7-3-4-8-17(16)15-18/h3-12,15H,13-14H2,1-2H3/p+1. The highest BCUT2D eigenvalue weighted by Crippen LogP contribution is 2.29. The van der Waals surface area contributed by atoms with Crippen LogP contribution in [0.2, 0.25) is 0 Å². The Morgan fingerprint density at radius 3 is 2.52 bits per heavy atom. The zero-order valence-electron chi connectivity index (χ0n) is 15.5. The van der Waals surface area contributed by atoms with Crippen LogP contribution in [-0.2, 0) is 0 Å². The Kier molecular flexibility index (Phi) is 4.88. The zero-order valence-corrected chi connectivity index (χ0v) is 16.3. The first-order chi connectivity index (χ1) is 13.1. The highest BCUT2D eigenvalue weighted by atomic mass is 32.1. The number of likely N-dealkylation sites (N-methyl/N-ethyl adjacent to an activating group) is 1. The minimum Gasteiger partial charge on any atom is -0.338 e. The fourth-order valence-electron chi connectivity index (χ4n) is 3.07. The molecule has 0 bridgehead atoms. The van der Waals surface area contributed by atoms with Gasteiger partial charge in [0, 0.05) is 5.56 Å². The SMILES string of the molecule is C[NH+](C)CCN(C(=O)c1ccc2ccccc2c1)c1nc2ccccc2s1. The second-order valence-corrected chi connectivity index (χ2v) is 7.95. The molecule has 1 amide bonds. The Labute approximate surface area is 162 Å². The van der Waals surface area contributed by atoms with Crippen LogP contribution in [0.4, 0.5) is 5.13 Å². The molecule has 0 radical (unpaired) electrons. The average molecular weight is 377 g/mol. The van der Waals surface area contributed by atoms with Crippen molar-refractivity contribution in [2.24, 2.45) is 0 Å². The molecule has 136 valence electrons. The minimum atomic E-state index is 0.000981. The molecule has 4 nitrogen and oxygen atoms in total. The van der Waals surface area contributed by atoms with E-state index in [4.69, 9.17) is 4.98 Å². The van der Waals surface area contributed by atoms with Gasteiger partial charge in [-0.3, -0.25) is 9.69 Å². The summed E-state index contributed by atoms with van der Waals surface area (Å²) in [6.45, 7) is 1.49. The fourth-order valence-corrected chi connectivity index (χ4v) is 4.06. The molecule has 0 aliphatic carbocycles. The fraction of sp³-hybridized carbons (Fsp3) is 0.182. The molecule has 4 rings (SSSR count). The van der Waals surface area contributed by atoms with Crippen molar-refractivity contribution in [1.29, 1.82) is 0 Å². The van der Waals surface area contributed by atoms with Crippen molar-refractivity contribution in [1.82, 2.24) is 4.98 Å². The Morgan fingerprint density at radius 2 is 1.74 bits per heavy atom. The maximum absolute atomic E-state index is 13.4. The molecular formula is C22H22N3OS+. The van der Waals surface area contributed by atoms with Crippen LogP contribution in [0.5, 0.6) is 0 Å². The van der Waals surface area contributed by atoms with Gasteiger partial charge >= 0.3 is 0 Å². The number of benzene rings is 3. The molecule has 3 aromatic carbocycles. The van der Waals surface area contributed by atoms with Gasteiger partial charge in [0.1, 0.15) is 0 Å². The van der Waals surface area contributed by atoms with Crippen LogP contribution in [0, 0.1) is 0 Å². The van der Waals surface area contributed by atoms with E-state index in [0.29, 0.717) is 12.1 Å². The minimum absolute atomic E-state index is 0.000981. The molecule has 27 heavy (non-hydrogen) atoms. The first-order valence-corrected chi connectivity index (χ1v) is 9.89. The number of thiazole rings is 1. The lowest BCUT2D eigenvalue weighted by Crippen LogP contribution is -3.06. The van der Waals surface area contributed by atoms with Crippen molar-refractivity contribution >= 4 is 43.4 Å². The molecule has 1 heterocycles. The van der Waals surface area contributed by atoms with Gasteiger partial charge in [-0.25, -0.2) is 4.98 Å². The van der Waals surface area contributed by atoms with E-state index in [0.717, 1.165) is 32.7 Å². The molecule has 0 aliphatic heterocycles. The molecule has 4 aromatic rings. The lowest BCUT2D eigenvalue weighted by molar-refractivity contribution is -0.856. The van der Waals surface area contributed by atoms with E-state index in [1.54, 1.807) is 11.3 Å². The monoisotopic (exact) mass is 376 g/mol. The summed E-state index contributed by atoms with van der Waals surface area (Å²) in [6, 6.07) is 22.0. The van der Waals surface area contributed by atoms with Crippen molar-refractivity contribution in [3.8, 4) is 0 Å². The maximum atomic E-state index is 13.4. The first-order valence-electron chi connectivity index (χ1n) is 9.07. The highest BCUT2D eigenvalue weighted by Gasteiger charge is 2.22. The number of quaternary nitrogens is 1. The number of carbonyl (C=O) groups excluding carboxylic acids is 1. The lowest BCUT2D eigenvalue weighted by Gasteiger charge is -2.21. The number of carbonyl (C=O) groups is 1. The Balaban J connectivity index is 1.73. The molecule has 0 aliphatic rings. The summed E-state index contributed by atoms with van der Waals surface area (Å²) in [4.78, 5) is 21.2. The topological polar surface area (TPSA) is 37.6 Å². The number of hydrogen-bond donors (Lipinski definition) is 1. The van der Waals surface area contributed by atoms with Crippen LogP contribution >= 0.6 is 11.3 Å². The van der Waals surface area contributed by atoms with E-state index in [9.17, 15) is 4.79 Å². The summed E-state index contributed by atoms with van der Waals surface area (Å²) >= 11 is 1.57. The van der Waals surface area contributed by atoms with Gasteiger partial charge in [-0.2, -0.15) is 0 Å². The predicted octanol–water partition coefficient (Wildman–Crippen LogP) is 3.24. The van der Waals surface area contributed by atoms with Crippen molar-refractivity contribution < 1.29 is 9.69 Å². The summed E-state index contributed by atoms with van der Waals surface area (Å²) in [5, 5.41) is 2.97. The maximum Gasteiger partial charge on any atom is 0.260 e. The van der Waals surface area contributed by atoms with Crippen LogP contribution in [0.1, 0.15) is 10.4 Å². The molecule has 0 unspecified atom stereocenters. The Bertz CT molecular complexity index is 1070. The van der Waals surface area contributed by atoms with Crippen molar-refractivity contribution in [3.63, 3.8) is 0 Å². The van der Waals surface area contributed by atoms with E-state index >= 15 is 0 Å². The largest absolute Gasteiger partial charge is 0.338 e. The summed E-state index contributed by atoms with van der Waals surface area (Å²) in [5.41, 5.74) is 1.63. The van der Waals surface area contributed by atoms with Gasteiger partial charge in [0.25, 0.3) is 5.91 Å². The number of nitrogens with one attached hydrogen (secondary N) is 1. The molecule has 0 saturated heterocycles. The third-order valence-electron chi connectivity index (χ3n) is 4.59. The Hall–Kier alpha value is -2.76. The van der Waals surface area contributed by atoms with Crippen LogP contribution < -0.4 is 9.80 Å². The van der Waals surface area contributed by atoms with Gasteiger partial charge in [-0.05, 0) is 35.0 Å². The van der Waals surface area contributed by atoms with Gasteiger partial charge < -0.3 is 4.90 Å². The van der Waals surface area contributed by atoms with Crippen LogP contribution in [0.25, 0.3) is 21.0 Å². The van der Waals surface area contributed by atoms with Crippen LogP contribution in [0.3, 0.4) is 0 Å². The third-order valence-corrected chi connectivity index (χ3v) is 5.65. The Morgan fingerprint density at radius 1 is 1.00 bits per heavy atom. The van der Waals surface area contributed by atoms with Gasteiger partial charge in [0.15, 0.2) is 5.13 Å². The predicted molar refractivity (Wildman–Crippen MR) is 113 cm³/mol. The second kappa shape index (κ2) is 7.47. The van der Waals surface area contributed by atoms with E-state index < -0.39 is 0 Å². The van der Waals surface area contributed by atoms with E-state index in [2.05, 4.69) is 20.2 Å². The summed E-state index contributed by atoms with van der Waals surface area (Å²) in [6.07, 6.45) is 0. The number of anilines is 1. The summed E-state index contributed by atoms with van der Waals surface area (Å²) in [7, 11) is 4.19. The van der Waals surface area contributed by atoms with Gasteiger partial charge in [-0.15, -0.1) is 0 Å². The molecule has 0 atom stereocenters. The highest BCUT2D eigenvalue weighted by molar-refractivity contribution is 7.22. The number of nitrogens with zero attached hydrogens (tertiary/aromatic N) is 2. The first kappa shape index (κ1) is 17.6. The summed E-state index contributed by atoms with van der Waals surface area (Å²) in [5.74, 6) is 0.000981. The van der Waals surface area contributed by atoms with Crippen LogP contribution in [0.15, 0.2) is 66.7 Å². The third kappa shape index (κ3) is 3.70. The number of fused-ring (bicyclic) bond motifs is 2. The number of para-hydroxylation sites is 1. The van der Waals surface area contributed by atoms with E-state index in [-0.39, 0.29) is 5.91 Å². The molecule has 0 fully saturated rings. The smallest absolute Gasteiger partial charge is 0.260 e. The van der Waals surface area contributed by atoms with Crippen molar-refractivity contribution in [3.05, 3.63) is 72.3 Å². The molecule has 1 N–H and O–H groups in total. The molecule has 1 aromatic heterocycles. The normalized spacial score (nSPS) is 11.4. The van der Waals surface area contributed by atoms with E-state index in [1.807, 2.05) is 65.6 Å². The lowest BCUT2D eigenvalue weighted by atomic mass is 10.1. The quantitative estimate of drug-likeness (QED) is 0.581. The van der Waals surface area contributed by atoms with Crippen molar-refractivity contribution in [2.75, 3.05) is 32.1 Å². The zero-order chi connectivity index (χ0) is 18.8. The molecule has 5 heteroatoms. The number of amides is 1. The summed E-state index contributed by atoms with van der Waals surface area (Å²) < 4.78 is 1.10. The molecule has 0 spiro atoms. The van der Waals surface area contributed by atoms with Gasteiger partial charge in [0.2, 0.25) is 0 Å². The molecular weight excluding hydrogens is 354 g/mol. The van der Waals surface area contributed by atoms with Crippen molar-refractivity contribution in [2.45, 2.75) is 0 Å². The number of rotatable bonds is 5. The molecule has 0 saturated carbocycles. The van der Waals surface area contributed by atoms with Crippen LogP contribution in [-0.4, -0.2) is 38.1 Å². The number of aromatic nitrogens is 1. The van der Waals surface area contributed by atoms with Gasteiger partial charge in [-0.1, -0.05) is 53.8 Å². The van der Waals surface area contributed by atoms with E-state index in [1.165, 1.54) is 4.90 Å². The van der Waals surface area contributed by atoms with Gasteiger partial charge in [0.05, 0.1) is 37.4 Å². The second-order valence-electron chi connectivity index (χ2n) is 6.94.